The molecule has 2 heterocycles. The average Bonchev–Trinajstić information content (AvgIpc) is 2.99. The van der Waals surface area contributed by atoms with Crippen LogP contribution in [0.25, 0.3) is 0 Å². The second-order valence-electron chi connectivity index (χ2n) is 6.58. The Morgan fingerprint density at radius 2 is 2.28 bits per heavy atom. The Balaban J connectivity index is 0.00000225. The van der Waals surface area contributed by atoms with Crippen LogP contribution in [-0.4, -0.2) is 43.6 Å². The van der Waals surface area contributed by atoms with Gasteiger partial charge in [0.15, 0.2) is 6.61 Å². The summed E-state index contributed by atoms with van der Waals surface area (Å²) in [6.07, 6.45) is 3.38. The van der Waals surface area contributed by atoms with Crippen molar-refractivity contribution in [3.05, 3.63) is 24.3 Å². The lowest BCUT2D eigenvalue weighted by Gasteiger charge is -2.28. The Bertz CT molecular complexity index is 611. The van der Waals surface area contributed by atoms with Crippen LogP contribution in [0.4, 0.5) is 5.69 Å². The molecule has 2 amide bonds. The molecule has 1 aromatic carbocycles. The van der Waals surface area contributed by atoms with Crippen molar-refractivity contribution in [1.82, 2.24) is 10.6 Å². The van der Waals surface area contributed by atoms with Crippen molar-refractivity contribution in [1.29, 1.82) is 0 Å². The van der Waals surface area contributed by atoms with Crippen LogP contribution >= 0.6 is 12.4 Å². The Kier molecular flexibility index (Phi) is 7.08. The molecular weight excluding hydrogens is 342 g/mol. The molecule has 3 rings (SSSR count). The number of nitrogens with zero attached hydrogens (tertiary/aromatic N) is 1. The third kappa shape index (κ3) is 5.34. The second kappa shape index (κ2) is 9.06. The fraction of sp³-hybridized carbons (Fsp3) is 0.556. The van der Waals surface area contributed by atoms with Crippen molar-refractivity contribution in [3.8, 4) is 5.75 Å². The SMILES string of the molecule is CC1CC(NC(=O)COc2cccc(N3CCCC3=O)c2)CCN1.Cl. The fourth-order valence-corrected chi connectivity index (χ4v) is 3.34. The molecule has 25 heavy (non-hydrogen) atoms. The smallest absolute Gasteiger partial charge is 0.258 e. The molecule has 138 valence electrons. The summed E-state index contributed by atoms with van der Waals surface area (Å²) in [6.45, 7) is 3.80. The van der Waals surface area contributed by atoms with Crippen LogP contribution in [-0.2, 0) is 9.59 Å². The lowest BCUT2D eigenvalue weighted by atomic mass is 10.0. The molecule has 2 fully saturated rings. The molecule has 2 aliphatic heterocycles. The van der Waals surface area contributed by atoms with E-state index in [1.165, 1.54) is 0 Å². The predicted octanol–water partition coefficient (Wildman–Crippen LogP) is 1.87. The van der Waals surface area contributed by atoms with Gasteiger partial charge in [-0.25, -0.2) is 0 Å². The molecule has 1 aromatic rings. The number of amides is 2. The lowest BCUT2D eigenvalue weighted by Crippen LogP contribution is -2.47. The summed E-state index contributed by atoms with van der Waals surface area (Å²) in [5.41, 5.74) is 0.836. The summed E-state index contributed by atoms with van der Waals surface area (Å²) in [6, 6.07) is 8.02. The third-order valence-electron chi connectivity index (χ3n) is 4.56. The van der Waals surface area contributed by atoms with E-state index in [1.807, 2.05) is 24.3 Å². The highest BCUT2D eigenvalue weighted by molar-refractivity contribution is 5.95. The van der Waals surface area contributed by atoms with Crippen LogP contribution in [0.2, 0.25) is 0 Å². The minimum Gasteiger partial charge on any atom is -0.484 e. The number of carbonyl (C=O) groups excluding carboxylic acids is 2. The highest BCUT2D eigenvalue weighted by Gasteiger charge is 2.22. The number of hydrogen-bond donors (Lipinski definition) is 2. The van der Waals surface area contributed by atoms with Gasteiger partial charge in [-0.2, -0.15) is 0 Å². The van der Waals surface area contributed by atoms with E-state index in [4.69, 9.17) is 4.74 Å². The lowest BCUT2D eigenvalue weighted by molar-refractivity contribution is -0.124. The van der Waals surface area contributed by atoms with E-state index >= 15 is 0 Å². The van der Waals surface area contributed by atoms with Crippen molar-refractivity contribution >= 4 is 29.9 Å². The molecule has 0 aliphatic carbocycles. The maximum atomic E-state index is 12.1. The minimum absolute atomic E-state index is 0. The molecule has 2 unspecified atom stereocenters. The average molecular weight is 368 g/mol. The number of halogens is 1. The predicted molar refractivity (Wildman–Crippen MR) is 99.4 cm³/mol. The first-order valence-corrected chi connectivity index (χ1v) is 8.68. The van der Waals surface area contributed by atoms with Crippen LogP contribution < -0.4 is 20.3 Å². The molecule has 2 N–H and O–H groups in total. The molecule has 0 saturated carbocycles. The topological polar surface area (TPSA) is 70.7 Å². The maximum absolute atomic E-state index is 12.1. The number of carbonyl (C=O) groups is 2. The normalized spacial score (nSPS) is 23.1. The standard InChI is InChI=1S/C18H25N3O3.ClH/c1-13-10-14(7-8-19-13)20-17(22)12-24-16-5-2-4-15(11-16)21-9-3-6-18(21)23;/h2,4-5,11,13-14,19H,3,6-10,12H2,1H3,(H,20,22);1H. The Labute approximate surface area is 154 Å². The highest BCUT2D eigenvalue weighted by Crippen LogP contribution is 2.25. The first-order chi connectivity index (χ1) is 11.6. The van der Waals surface area contributed by atoms with E-state index in [1.54, 1.807) is 4.90 Å². The highest BCUT2D eigenvalue weighted by atomic mass is 35.5. The van der Waals surface area contributed by atoms with Crippen LogP contribution in [0.3, 0.4) is 0 Å². The van der Waals surface area contributed by atoms with E-state index in [-0.39, 0.29) is 36.9 Å². The zero-order valence-corrected chi connectivity index (χ0v) is 15.3. The molecule has 2 aliphatic rings. The van der Waals surface area contributed by atoms with Gasteiger partial charge in [-0.05, 0) is 44.9 Å². The third-order valence-corrected chi connectivity index (χ3v) is 4.56. The summed E-state index contributed by atoms with van der Waals surface area (Å²) in [5, 5.41) is 6.39. The number of hydrogen-bond acceptors (Lipinski definition) is 4. The van der Waals surface area contributed by atoms with Crippen molar-refractivity contribution in [2.45, 2.75) is 44.7 Å². The molecule has 0 bridgehead atoms. The number of benzene rings is 1. The van der Waals surface area contributed by atoms with Gasteiger partial charge in [0, 0.05) is 36.8 Å². The summed E-state index contributed by atoms with van der Waals surface area (Å²) >= 11 is 0. The summed E-state index contributed by atoms with van der Waals surface area (Å²) in [5.74, 6) is 0.655. The van der Waals surface area contributed by atoms with Crippen LogP contribution in [0.15, 0.2) is 24.3 Å². The van der Waals surface area contributed by atoms with E-state index in [9.17, 15) is 9.59 Å². The number of anilines is 1. The Hall–Kier alpha value is -1.79. The molecular formula is C18H26ClN3O3. The van der Waals surface area contributed by atoms with Crippen LogP contribution in [0.1, 0.15) is 32.6 Å². The van der Waals surface area contributed by atoms with Gasteiger partial charge in [-0.3, -0.25) is 9.59 Å². The van der Waals surface area contributed by atoms with Crippen molar-refractivity contribution < 1.29 is 14.3 Å². The van der Waals surface area contributed by atoms with Gasteiger partial charge in [0.1, 0.15) is 5.75 Å². The van der Waals surface area contributed by atoms with Crippen molar-refractivity contribution in [3.63, 3.8) is 0 Å². The van der Waals surface area contributed by atoms with Gasteiger partial charge in [0.25, 0.3) is 5.91 Å². The van der Waals surface area contributed by atoms with E-state index in [0.29, 0.717) is 18.2 Å². The van der Waals surface area contributed by atoms with Gasteiger partial charge in [-0.15, -0.1) is 12.4 Å². The summed E-state index contributed by atoms with van der Waals surface area (Å²) in [4.78, 5) is 25.6. The van der Waals surface area contributed by atoms with Crippen LogP contribution in [0.5, 0.6) is 5.75 Å². The number of rotatable bonds is 5. The Morgan fingerprint density at radius 1 is 1.44 bits per heavy atom. The molecule has 6 nitrogen and oxygen atoms in total. The van der Waals surface area contributed by atoms with Gasteiger partial charge in [0.05, 0.1) is 0 Å². The molecule has 2 atom stereocenters. The van der Waals surface area contributed by atoms with Gasteiger partial charge in [-0.1, -0.05) is 6.07 Å². The van der Waals surface area contributed by atoms with Crippen molar-refractivity contribution in [2.24, 2.45) is 0 Å². The second-order valence-corrected chi connectivity index (χ2v) is 6.58. The number of piperidine rings is 1. The van der Waals surface area contributed by atoms with Gasteiger partial charge >= 0.3 is 0 Å². The van der Waals surface area contributed by atoms with Gasteiger partial charge < -0.3 is 20.3 Å². The quantitative estimate of drug-likeness (QED) is 0.833. The largest absolute Gasteiger partial charge is 0.484 e. The Morgan fingerprint density at radius 3 is 3.00 bits per heavy atom. The van der Waals surface area contributed by atoms with Gasteiger partial charge in [0.2, 0.25) is 5.91 Å². The van der Waals surface area contributed by atoms with E-state index in [0.717, 1.165) is 38.0 Å². The minimum atomic E-state index is -0.100. The van der Waals surface area contributed by atoms with E-state index in [2.05, 4.69) is 17.6 Å². The summed E-state index contributed by atoms with van der Waals surface area (Å²) in [7, 11) is 0. The molecule has 2 saturated heterocycles. The maximum Gasteiger partial charge on any atom is 0.258 e. The monoisotopic (exact) mass is 367 g/mol. The zero-order chi connectivity index (χ0) is 16.9. The van der Waals surface area contributed by atoms with Crippen molar-refractivity contribution in [2.75, 3.05) is 24.6 Å². The first-order valence-electron chi connectivity index (χ1n) is 8.68. The number of ether oxygens (including phenoxy) is 1. The molecule has 0 spiro atoms. The molecule has 7 heteroatoms. The molecule has 0 radical (unpaired) electrons. The van der Waals surface area contributed by atoms with E-state index < -0.39 is 0 Å². The zero-order valence-electron chi connectivity index (χ0n) is 14.5. The fourth-order valence-electron chi connectivity index (χ4n) is 3.34. The summed E-state index contributed by atoms with van der Waals surface area (Å²) < 4.78 is 5.61. The first kappa shape index (κ1) is 19.5. The van der Waals surface area contributed by atoms with Crippen LogP contribution in [0, 0.1) is 0 Å². The number of nitrogens with one attached hydrogen (secondary N) is 2. The molecule has 0 aromatic heterocycles.